The number of hydrogen-bond acceptors (Lipinski definition) is 3. The molecule has 0 aliphatic heterocycles. The van der Waals surface area contributed by atoms with Crippen LogP contribution in [0.15, 0.2) is 46.9 Å². The van der Waals surface area contributed by atoms with E-state index in [2.05, 4.69) is 33.5 Å². The molecule has 2 aromatic rings. The van der Waals surface area contributed by atoms with Crippen LogP contribution < -0.4 is 15.4 Å². The fraction of sp³-hybridized carbons (Fsp3) is 0.333. The smallest absolute Gasteiger partial charge is 0.262 e. The molecule has 2 aromatic carbocycles. The number of ether oxygens (including phenoxy) is 1. The molecule has 0 unspecified atom stereocenters. The highest BCUT2D eigenvalue weighted by molar-refractivity contribution is 9.10. The molecule has 0 aliphatic carbocycles. The normalized spacial score (nSPS) is 11.6. The average Bonchev–Trinajstić information content (AvgIpc) is 2.67. The maximum atomic E-state index is 12.4. The quantitative estimate of drug-likeness (QED) is 0.642. The number of anilines is 1. The summed E-state index contributed by atoms with van der Waals surface area (Å²) >= 11 is 3.46. The van der Waals surface area contributed by atoms with Crippen LogP contribution >= 0.6 is 15.9 Å². The van der Waals surface area contributed by atoms with Crippen molar-refractivity contribution >= 4 is 33.4 Å². The van der Waals surface area contributed by atoms with Crippen LogP contribution in [-0.4, -0.2) is 24.5 Å². The molecule has 2 rings (SSSR count). The Balaban J connectivity index is 2.01. The van der Waals surface area contributed by atoms with Crippen LogP contribution in [0.3, 0.4) is 0 Å². The molecule has 0 aromatic heterocycles. The van der Waals surface area contributed by atoms with Gasteiger partial charge in [-0.3, -0.25) is 9.59 Å². The number of amides is 2. The molecule has 0 aliphatic rings. The number of nitrogens with one attached hydrogen (secondary N) is 2. The molecule has 0 saturated heterocycles. The molecule has 0 bridgehead atoms. The van der Waals surface area contributed by atoms with Crippen molar-refractivity contribution in [2.24, 2.45) is 0 Å². The third-order valence-corrected chi connectivity index (χ3v) is 4.82. The van der Waals surface area contributed by atoms with Crippen molar-refractivity contribution < 1.29 is 14.3 Å². The van der Waals surface area contributed by atoms with Crippen molar-refractivity contribution in [2.45, 2.75) is 39.7 Å². The molecular formula is C21H25BrN2O3. The lowest BCUT2D eigenvalue weighted by molar-refractivity contribution is -0.118. The Morgan fingerprint density at radius 3 is 2.56 bits per heavy atom. The second kappa shape index (κ2) is 10.1. The van der Waals surface area contributed by atoms with E-state index < -0.39 is 0 Å². The Kier molecular flexibility index (Phi) is 7.85. The molecule has 0 saturated carbocycles. The molecule has 2 amide bonds. The average molecular weight is 433 g/mol. The maximum Gasteiger partial charge on any atom is 0.262 e. The van der Waals surface area contributed by atoms with E-state index in [9.17, 15) is 9.59 Å². The Bertz CT molecular complexity index is 808. The Morgan fingerprint density at radius 1 is 1.15 bits per heavy atom. The minimum atomic E-state index is -0.328. The largest absolute Gasteiger partial charge is 0.483 e. The van der Waals surface area contributed by atoms with Gasteiger partial charge < -0.3 is 15.4 Å². The highest BCUT2D eigenvalue weighted by Gasteiger charge is 2.15. The van der Waals surface area contributed by atoms with Gasteiger partial charge in [-0.05, 0) is 65.5 Å². The third-order valence-electron chi connectivity index (χ3n) is 4.20. The number of benzene rings is 2. The second-order valence-electron chi connectivity index (χ2n) is 6.28. The van der Waals surface area contributed by atoms with Crippen LogP contribution in [0.2, 0.25) is 0 Å². The minimum absolute atomic E-state index is 0.0630. The number of halogens is 1. The fourth-order valence-corrected chi connectivity index (χ4v) is 2.95. The molecule has 0 fully saturated rings. The Hall–Kier alpha value is -2.34. The first-order chi connectivity index (χ1) is 12.9. The number of hydrogen-bond donors (Lipinski definition) is 2. The van der Waals surface area contributed by atoms with E-state index in [0.29, 0.717) is 17.0 Å². The van der Waals surface area contributed by atoms with Crippen LogP contribution in [0.5, 0.6) is 5.75 Å². The molecule has 0 radical (unpaired) electrons. The van der Waals surface area contributed by atoms with Crippen LogP contribution in [0, 0.1) is 0 Å². The predicted octanol–water partition coefficient (Wildman–Crippen LogP) is 4.56. The number of aryl methyl sites for hydroxylation is 1. The van der Waals surface area contributed by atoms with Gasteiger partial charge in [0, 0.05) is 6.04 Å². The summed E-state index contributed by atoms with van der Waals surface area (Å²) in [5, 5.41) is 5.66. The van der Waals surface area contributed by atoms with Crippen molar-refractivity contribution in [3.8, 4) is 5.75 Å². The van der Waals surface area contributed by atoms with Gasteiger partial charge in [0.25, 0.3) is 11.8 Å². The van der Waals surface area contributed by atoms with E-state index in [4.69, 9.17) is 4.74 Å². The molecular weight excluding hydrogens is 408 g/mol. The van der Waals surface area contributed by atoms with Gasteiger partial charge in [-0.1, -0.05) is 32.0 Å². The van der Waals surface area contributed by atoms with Crippen molar-refractivity contribution in [1.29, 1.82) is 0 Å². The van der Waals surface area contributed by atoms with Crippen molar-refractivity contribution in [3.05, 3.63) is 58.1 Å². The van der Waals surface area contributed by atoms with Crippen LogP contribution in [0.1, 0.15) is 43.1 Å². The first-order valence-electron chi connectivity index (χ1n) is 9.05. The topological polar surface area (TPSA) is 67.4 Å². The summed E-state index contributed by atoms with van der Waals surface area (Å²) < 4.78 is 6.40. The van der Waals surface area contributed by atoms with Crippen LogP contribution in [-0.2, 0) is 11.2 Å². The Morgan fingerprint density at radius 2 is 1.89 bits per heavy atom. The molecule has 2 N–H and O–H groups in total. The standard InChI is InChI=1S/C21H25BrN2O3/c1-4-14(3)23-21(26)16-8-6-7-9-18(16)24-20(25)13-27-19-11-10-15(5-2)12-17(19)22/h6-12,14H,4-5,13H2,1-3H3,(H,23,26)(H,24,25)/t14-/m0/s1. The SMILES string of the molecule is CCc1ccc(OCC(=O)Nc2ccccc2C(=O)N[C@@H](C)CC)c(Br)c1. The summed E-state index contributed by atoms with van der Waals surface area (Å²) in [6.45, 7) is 5.87. The monoisotopic (exact) mass is 432 g/mol. The molecule has 27 heavy (non-hydrogen) atoms. The predicted molar refractivity (Wildman–Crippen MR) is 111 cm³/mol. The Labute approximate surface area is 168 Å². The fourth-order valence-electron chi connectivity index (χ4n) is 2.40. The highest BCUT2D eigenvalue weighted by atomic mass is 79.9. The van der Waals surface area contributed by atoms with Gasteiger partial charge in [-0.25, -0.2) is 0 Å². The summed E-state index contributed by atoms with van der Waals surface area (Å²) in [4.78, 5) is 24.7. The third kappa shape index (κ3) is 6.10. The molecule has 5 nitrogen and oxygen atoms in total. The van der Waals surface area contributed by atoms with E-state index in [1.54, 1.807) is 24.3 Å². The molecule has 144 valence electrons. The van der Waals surface area contributed by atoms with E-state index in [0.717, 1.165) is 17.3 Å². The van der Waals surface area contributed by atoms with E-state index in [1.165, 1.54) is 5.56 Å². The number of carbonyl (C=O) groups excluding carboxylic acids is 2. The van der Waals surface area contributed by atoms with Gasteiger partial charge in [0.2, 0.25) is 0 Å². The van der Waals surface area contributed by atoms with Crippen molar-refractivity contribution in [3.63, 3.8) is 0 Å². The van der Waals surface area contributed by atoms with Gasteiger partial charge in [0.15, 0.2) is 6.61 Å². The van der Waals surface area contributed by atoms with E-state index in [1.807, 2.05) is 32.0 Å². The van der Waals surface area contributed by atoms with Crippen molar-refractivity contribution in [2.75, 3.05) is 11.9 Å². The van der Waals surface area contributed by atoms with Gasteiger partial charge in [-0.2, -0.15) is 0 Å². The van der Waals surface area contributed by atoms with Crippen LogP contribution in [0.4, 0.5) is 5.69 Å². The minimum Gasteiger partial charge on any atom is -0.483 e. The van der Waals surface area contributed by atoms with Crippen LogP contribution in [0.25, 0.3) is 0 Å². The van der Waals surface area contributed by atoms with Gasteiger partial charge >= 0.3 is 0 Å². The lowest BCUT2D eigenvalue weighted by Crippen LogP contribution is -2.33. The zero-order valence-corrected chi connectivity index (χ0v) is 17.4. The summed E-state index contributed by atoms with van der Waals surface area (Å²) in [7, 11) is 0. The maximum absolute atomic E-state index is 12.4. The summed E-state index contributed by atoms with van der Waals surface area (Å²) in [5.74, 6) is 0.0643. The lowest BCUT2D eigenvalue weighted by Gasteiger charge is -2.15. The zero-order chi connectivity index (χ0) is 19.8. The summed E-state index contributed by atoms with van der Waals surface area (Å²) in [6.07, 6.45) is 1.76. The molecule has 1 atom stereocenters. The van der Waals surface area contributed by atoms with E-state index in [-0.39, 0.29) is 24.5 Å². The summed E-state index contributed by atoms with van der Waals surface area (Å²) in [5.41, 5.74) is 2.08. The zero-order valence-electron chi connectivity index (χ0n) is 15.8. The lowest BCUT2D eigenvalue weighted by atomic mass is 10.1. The van der Waals surface area contributed by atoms with Gasteiger partial charge in [0.1, 0.15) is 5.75 Å². The number of carbonyl (C=O) groups is 2. The van der Waals surface area contributed by atoms with Gasteiger partial charge in [0.05, 0.1) is 15.7 Å². The van der Waals surface area contributed by atoms with Crippen molar-refractivity contribution in [1.82, 2.24) is 5.32 Å². The molecule has 0 heterocycles. The molecule has 6 heteroatoms. The van der Waals surface area contributed by atoms with E-state index >= 15 is 0 Å². The number of rotatable bonds is 8. The highest BCUT2D eigenvalue weighted by Crippen LogP contribution is 2.26. The number of para-hydroxylation sites is 1. The molecule has 0 spiro atoms. The second-order valence-corrected chi connectivity index (χ2v) is 7.14. The summed E-state index contributed by atoms with van der Waals surface area (Å²) in [6, 6.07) is 12.8. The first kappa shape index (κ1) is 21.0. The van der Waals surface area contributed by atoms with Gasteiger partial charge in [-0.15, -0.1) is 0 Å². The first-order valence-corrected chi connectivity index (χ1v) is 9.84.